The fraction of sp³-hybridized carbons (Fsp3) is 0.0476. The molecule has 0 bridgehead atoms. The number of benzene rings is 2. The summed E-state index contributed by atoms with van der Waals surface area (Å²) < 4.78 is 10.9. The molecule has 0 saturated heterocycles. The summed E-state index contributed by atoms with van der Waals surface area (Å²) in [4.78, 5) is 24.8. The van der Waals surface area contributed by atoms with E-state index in [1.807, 2.05) is 25.1 Å². The highest BCUT2D eigenvalue weighted by Gasteiger charge is 2.19. The second-order valence-electron chi connectivity index (χ2n) is 5.89. The first-order valence-electron chi connectivity index (χ1n) is 8.11. The van der Waals surface area contributed by atoms with Crippen molar-refractivity contribution in [2.45, 2.75) is 6.92 Å². The minimum Gasteiger partial charge on any atom is -0.459 e. The van der Waals surface area contributed by atoms with Gasteiger partial charge in [-0.3, -0.25) is 9.59 Å². The van der Waals surface area contributed by atoms with Gasteiger partial charge in [0.2, 0.25) is 5.78 Å². The second-order valence-corrected chi connectivity index (χ2v) is 5.89. The maximum absolute atomic E-state index is 12.7. The van der Waals surface area contributed by atoms with Gasteiger partial charge in [0.05, 0.1) is 6.26 Å². The summed E-state index contributed by atoms with van der Waals surface area (Å²) >= 11 is 0. The zero-order valence-corrected chi connectivity index (χ0v) is 14.0. The van der Waals surface area contributed by atoms with E-state index >= 15 is 0 Å². The van der Waals surface area contributed by atoms with Crippen molar-refractivity contribution in [3.8, 4) is 0 Å². The SMILES string of the molecule is Cc1c(C(=O)c2ccccc2)oc2ccc(NC(=O)c3ccco3)cc12. The van der Waals surface area contributed by atoms with Crippen LogP contribution in [0.15, 0.2) is 75.8 Å². The minimum absolute atomic E-state index is 0.166. The van der Waals surface area contributed by atoms with E-state index in [1.54, 1.807) is 42.5 Å². The Bertz CT molecular complexity index is 1090. The molecule has 2 aromatic heterocycles. The number of hydrogen-bond acceptors (Lipinski definition) is 4. The number of aryl methyl sites for hydroxylation is 1. The second kappa shape index (κ2) is 6.37. The number of carbonyl (C=O) groups excluding carboxylic acids is 2. The van der Waals surface area contributed by atoms with Crippen LogP contribution < -0.4 is 5.32 Å². The summed E-state index contributed by atoms with van der Waals surface area (Å²) in [5, 5.41) is 3.55. The molecule has 0 aliphatic carbocycles. The van der Waals surface area contributed by atoms with Gasteiger partial charge >= 0.3 is 0 Å². The largest absolute Gasteiger partial charge is 0.459 e. The lowest BCUT2D eigenvalue weighted by atomic mass is 10.0. The predicted octanol–water partition coefficient (Wildman–Crippen LogP) is 4.82. The molecule has 4 rings (SSSR count). The molecule has 0 aliphatic heterocycles. The molecule has 4 aromatic rings. The lowest BCUT2D eigenvalue weighted by Crippen LogP contribution is -2.10. The molecule has 0 atom stereocenters. The van der Waals surface area contributed by atoms with Crippen molar-refractivity contribution in [3.05, 3.63) is 89.6 Å². The number of rotatable bonds is 4. The average molecular weight is 345 g/mol. The van der Waals surface area contributed by atoms with Crippen LogP contribution in [0.3, 0.4) is 0 Å². The fourth-order valence-electron chi connectivity index (χ4n) is 2.84. The van der Waals surface area contributed by atoms with Gasteiger partial charge in [0.1, 0.15) is 5.58 Å². The van der Waals surface area contributed by atoms with Crippen LogP contribution in [0.25, 0.3) is 11.0 Å². The Kier molecular flexibility index (Phi) is 3.89. The Morgan fingerprint density at radius 1 is 0.962 bits per heavy atom. The molecular formula is C21H15NO4. The van der Waals surface area contributed by atoms with Crippen molar-refractivity contribution in [2.75, 3.05) is 5.32 Å². The van der Waals surface area contributed by atoms with Gasteiger partial charge in [0.15, 0.2) is 11.5 Å². The molecule has 5 nitrogen and oxygen atoms in total. The number of amides is 1. The van der Waals surface area contributed by atoms with Gasteiger partial charge in [-0.2, -0.15) is 0 Å². The van der Waals surface area contributed by atoms with E-state index in [0.29, 0.717) is 22.6 Å². The number of furan rings is 2. The van der Waals surface area contributed by atoms with E-state index in [0.717, 1.165) is 10.9 Å². The van der Waals surface area contributed by atoms with Crippen molar-refractivity contribution in [1.82, 2.24) is 0 Å². The van der Waals surface area contributed by atoms with Crippen LogP contribution >= 0.6 is 0 Å². The topological polar surface area (TPSA) is 72.5 Å². The Hall–Kier alpha value is -3.60. The molecule has 128 valence electrons. The van der Waals surface area contributed by atoms with E-state index < -0.39 is 0 Å². The molecule has 0 spiro atoms. The molecule has 2 aromatic carbocycles. The number of ketones is 1. The van der Waals surface area contributed by atoms with E-state index in [2.05, 4.69) is 5.32 Å². The third-order valence-electron chi connectivity index (χ3n) is 4.18. The highest BCUT2D eigenvalue weighted by molar-refractivity contribution is 6.11. The minimum atomic E-state index is -0.337. The van der Waals surface area contributed by atoms with Crippen LogP contribution in [0.5, 0.6) is 0 Å². The number of hydrogen-bond donors (Lipinski definition) is 1. The molecule has 0 saturated carbocycles. The van der Waals surface area contributed by atoms with E-state index in [4.69, 9.17) is 8.83 Å². The first-order chi connectivity index (χ1) is 12.6. The zero-order chi connectivity index (χ0) is 18.1. The zero-order valence-electron chi connectivity index (χ0n) is 14.0. The third kappa shape index (κ3) is 2.80. The van der Waals surface area contributed by atoms with Gasteiger partial charge in [-0.15, -0.1) is 0 Å². The number of fused-ring (bicyclic) bond motifs is 1. The number of carbonyl (C=O) groups is 2. The normalized spacial score (nSPS) is 10.8. The molecule has 5 heteroatoms. The Balaban J connectivity index is 1.68. The summed E-state index contributed by atoms with van der Waals surface area (Å²) in [6, 6.07) is 17.5. The molecular weight excluding hydrogens is 330 g/mol. The highest BCUT2D eigenvalue weighted by Crippen LogP contribution is 2.29. The van der Waals surface area contributed by atoms with Gasteiger partial charge in [0, 0.05) is 22.2 Å². The van der Waals surface area contributed by atoms with Crippen LogP contribution in [0.2, 0.25) is 0 Å². The van der Waals surface area contributed by atoms with Crippen LogP contribution in [-0.2, 0) is 0 Å². The van der Waals surface area contributed by atoms with Crippen molar-refractivity contribution in [1.29, 1.82) is 0 Å². The van der Waals surface area contributed by atoms with Crippen LogP contribution in [0.4, 0.5) is 5.69 Å². The average Bonchev–Trinajstić information content (AvgIpc) is 3.31. The molecule has 2 heterocycles. The lowest BCUT2D eigenvalue weighted by molar-refractivity contribution is 0.0993. The lowest BCUT2D eigenvalue weighted by Gasteiger charge is -2.03. The maximum Gasteiger partial charge on any atom is 0.291 e. The summed E-state index contributed by atoms with van der Waals surface area (Å²) in [6.07, 6.45) is 1.44. The van der Waals surface area contributed by atoms with E-state index in [9.17, 15) is 9.59 Å². The first-order valence-corrected chi connectivity index (χ1v) is 8.11. The van der Waals surface area contributed by atoms with Crippen molar-refractivity contribution in [2.24, 2.45) is 0 Å². The van der Waals surface area contributed by atoms with Gasteiger partial charge in [-0.1, -0.05) is 30.3 Å². The smallest absolute Gasteiger partial charge is 0.291 e. The van der Waals surface area contributed by atoms with Crippen molar-refractivity contribution < 1.29 is 18.4 Å². The van der Waals surface area contributed by atoms with Crippen LogP contribution in [-0.4, -0.2) is 11.7 Å². The van der Waals surface area contributed by atoms with E-state index in [-0.39, 0.29) is 17.5 Å². The summed E-state index contributed by atoms with van der Waals surface area (Å²) in [5.41, 5.74) is 2.50. The van der Waals surface area contributed by atoms with Crippen LogP contribution in [0.1, 0.15) is 32.2 Å². The fourth-order valence-corrected chi connectivity index (χ4v) is 2.84. The van der Waals surface area contributed by atoms with Gasteiger partial charge in [-0.25, -0.2) is 0 Å². The predicted molar refractivity (Wildman–Crippen MR) is 97.5 cm³/mol. The van der Waals surface area contributed by atoms with Gasteiger partial charge < -0.3 is 14.2 Å². The van der Waals surface area contributed by atoms with Crippen molar-refractivity contribution >= 4 is 28.3 Å². The molecule has 0 radical (unpaired) electrons. The third-order valence-corrected chi connectivity index (χ3v) is 4.18. The highest BCUT2D eigenvalue weighted by atomic mass is 16.3. The first kappa shape index (κ1) is 15.9. The Morgan fingerprint density at radius 2 is 1.77 bits per heavy atom. The summed E-state index contributed by atoms with van der Waals surface area (Å²) in [6.45, 7) is 1.83. The standard InChI is InChI=1S/C21H15NO4/c1-13-16-12-15(22-21(24)18-8-5-11-25-18)9-10-17(16)26-20(13)19(23)14-6-3-2-4-7-14/h2-12H,1H3,(H,22,24). The molecule has 26 heavy (non-hydrogen) atoms. The maximum atomic E-state index is 12.7. The quantitative estimate of drug-likeness (QED) is 0.538. The molecule has 0 aliphatic rings. The number of anilines is 1. The Morgan fingerprint density at radius 3 is 2.50 bits per heavy atom. The molecule has 0 fully saturated rings. The number of nitrogens with one attached hydrogen (secondary N) is 1. The molecule has 0 unspecified atom stereocenters. The van der Waals surface area contributed by atoms with E-state index in [1.165, 1.54) is 6.26 Å². The van der Waals surface area contributed by atoms with Gasteiger partial charge in [-0.05, 0) is 37.3 Å². The Labute approximate surface area is 149 Å². The molecule has 1 amide bonds. The van der Waals surface area contributed by atoms with Gasteiger partial charge in [0.25, 0.3) is 5.91 Å². The van der Waals surface area contributed by atoms with Crippen LogP contribution in [0, 0.1) is 6.92 Å². The summed E-state index contributed by atoms with van der Waals surface area (Å²) in [7, 11) is 0. The van der Waals surface area contributed by atoms with Crippen molar-refractivity contribution in [3.63, 3.8) is 0 Å². The molecule has 1 N–H and O–H groups in total. The summed E-state index contributed by atoms with van der Waals surface area (Å²) in [5.74, 6) is 0.0335. The monoisotopic (exact) mass is 345 g/mol.